The number of ether oxygens (including phenoxy) is 1. The van der Waals surface area contributed by atoms with Crippen molar-refractivity contribution in [1.82, 2.24) is 20.1 Å². The highest BCUT2D eigenvalue weighted by Gasteiger charge is 2.31. The van der Waals surface area contributed by atoms with Crippen LogP contribution in [0.4, 0.5) is 18.9 Å². The summed E-state index contributed by atoms with van der Waals surface area (Å²) in [4.78, 5) is 18.3. The van der Waals surface area contributed by atoms with E-state index in [9.17, 15) is 23.2 Å². The standard InChI is InChI=1S/C26H23F3N6O2/c1-34-14-18(13-31-34)22-11-21-23(9-6-17(12-30)24(21)33-22)35-10-2-3-19(15-35)32-25(36)16-4-7-20(8-5-16)37-26(27,28)29/h4-9,11,13-14,19,33H,2-3,10,15H2,1H3,(H,32,36)/t19-/m1/s1. The number of aromatic amines is 1. The number of piperidine rings is 1. The lowest BCUT2D eigenvalue weighted by atomic mass is 10.0. The molecule has 2 N–H and O–H groups in total. The average Bonchev–Trinajstić information content (AvgIpc) is 3.49. The number of hydrogen-bond acceptors (Lipinski definition) is 5. The van der Waals surface area contributed by atoms with Gasteiger partial charge in [0.1, 0.15) is 11.8 Å². The van der Waals surface area contributed by atoms with Crippen molar-refractivity contribution in [2.24, 2.45) is 7.05 Å². The van der Waals surface area contributed by atoms with Crippen LogP contribution in [0.15, 0.2) is 54.9 Å². The highest BCUT2D eigenvalue weighted by molar-refractivity contribution is 5.99. The number of anilines is 1. The molecule has 190 valence electrons. The summed E-state index contributed by atoms with van der Waals surface area (Å²) in [5.74, 6) is -0.745. The fourth-order valence-corrected chi connectivity index (χ4v) is 4.68. The van der Waals surface area contributed by atoms with Crippen LogP contribution in [0, 0.1) is 11.3 Å². The number of hydrogen-bond donors (Lipinski definition) is 2. The number of H-pyrrole nitrogens is 1. The second-order valence-corrected chi connectivity index (χ2v) is 8.95. The van der Waals surface area contributed by atoms with Gasteiger partial charge in [0.15, 0.2) is 0 Å². The van der Waals surface area contributed by atoms with Gasteiger partial charge < -0.3 is 19.9 Å². The van der Waals surface area contributed by atoms with Crippen LogP contribution in [0.1, 0.15) is 28.8 Å². The number of nitrogens with zero attached hydrogens (tertiary/aromatic N) is 4. The first kappa shape index (κ1) is 24.2. The van der Waals surface area contributed by atoms with Gasteiger partial charge in [-0.2, -0.15) is 10.4 Å². The maximum absolute atomic E-state index is 12.8. The lowest BCUT2D eigenvalue weighted by Gasteiger charge is -2.35. The number of carbonyl (C=O) groups excluding carboxylic acids is 1. The molecule has 2 aromatic heterocycles. The van der Waals surface area contributed by atoms with Crippen LogP contribution in [-0.2, 0) is 7.05 Å². The van der Waals surface area contributed by atoms with Crippen LogP contribution < -0.4 is 15.0 Å². The van der Waals surface area contributed by atoms with Gasteiger partial charge in [-0.1, -0.05) is 0 Å². The molecular formula is C26H23F3N6O2. The molecule has 0 spiro atoms. The Morgan fingerprint density at radius 1 is 1.24 bits per heavy atom. The van der Waals surface area contributed by atoms with Gasteiger partial charge in [0.2, 0.25) is 0 Å². The Morgan fingerprint density at radius 2 is 2.03 bits per heavy atom. The number of fused-ring (bicyclic) bond motifs is 1. The molecule has 0 aliphatic carbocycles. The zero-order valence-electron chi connectivity index (χ0n) is 19.8. The highest BCUT2D eigenvalue weighted by atomic mass is 19.4. The van der Waals surface area contributed by atoms with Gasteiger partial charge in [0.25, 0.3) is 5.91 Å². The third-order valence-electron chi connectivity index (χ3n) is 6.35. The molecule has 0 unspecified atom stereocenters. The van der Waals surface area contributed by atoms with Crippen molar-refractivity contribution in [3.05, 3.63) is 66.0 Å². The monoisotopic (exact) mass is 508 g/mol. The smallest absolute Gasteiger partial charge is 0.406 e. The van der Waals surface area contributed by atoms with E-state index in [0.29, 0.717) is 12.1 Å². The van der Waals surface area contributed by atoms with E-state index in [-0.39, 0.29) is 23.3 Å². The van der Waals surface area contributed by atoms with Gasteiger partial charge >= 0.3 is 6.36 Å². The molecule has 8 nitrogen and oxygen atoms in total. The van der Waals surface area contributed by atoms with Gasteiger partial charge in [0.05, 0.1) is 17.3 Å². The Morgan fingerprint density at radius 3 is 2.70 bits per heavy atom. The molecule has 0 radical (unpaired) electrons. The maximum Gasteiger partial charge on any atom is 0.573 e. The summed E-state index contributed by atoms with van der Waals surface area (Å²) < 4.78 is 42.7. The van der Waals surface area contributed by atoms with Crippen molar-refractivity contribution >= 4 is 22.5 Å². The molecule has 0 bridgehead atoms. The Labute approximate surface area is 210 Å². The summed E-state index contributed by atoms with van der Waals surface area (Å²) in [6.45, 7) is 1.33. The van der Waals surface area contributed by atoms with Crippen molar-refractivity contribution in [1.29, 1.82) is 5.26 Å². The lowest BCUT2D eigenvalue weighted by molar-refractivity contribution is -0.274. The van der Waals surface area contributed by atoms with Crippen molar-refractivity contribution in [2.45, 2.75) is 25.2 Å². The maximum atomic E-state index is 12.8. The fraction of sp³-hybridized carbons (Fsp3) is 0.269. The second kappa shape index (κ2) is 9.54. The largest absolute Gasteiger partial charge is 0.573 e. The minimum atomic E-state index is -4.79. The van der Waals surface area contributed by atoms with Crippen molar-refractivity contribution in [2.75, 3.05) is 18.0 Å². The SMILES string of the molecule is Cn1cc(-c2cc3c(N4CCC[C@@H](NC(=O)c5ccc(OC(F)(F)F)cc5)C4)ccc(C#N)c3[nH]2)cn1. The van der Waals surface area contributed by atoms with E-state index in [2.05, 4.69) is 31.1 Å². The summed E-state index contributed by atoms with van der Waals surface area (Å²) >= 11 is 0. The molecule has 4 aromatic rings. The van der Waals surface area contributed by atoms with Crippen molar-refractivity contribution < 1.29 is 22.7 Å². The van der Waals surface area contributed by atoms with Crippen LogP contribution in [0.3, 0.4) is 0 Å². The molecular weight excluding hydrogens is 485 g/mol. The van der Waals surface area contributed by atoms with Crippen LogP contribution in [0.2, 0.25) is 0 Å². The molecule has 2 aromatic carbocycles. The number of alkyl halides is 3. The van der Waals surface area contributed by atoms with Crippen LogP contribution >= 0.6 is 0 Å². The Kier molecular flexibility index (Phi) is 6.25. The van der Waals surface area contributed by atoms with E-state index in [1.165, 1.54) is 12.1 Å². The number of benzene rings is 2. The first-order chi connectivity index (χ1) is 17.7. The van der Waals surface area contributed by atoms with E-state index in [4.69, 9.17) is 0 Å². The Bertz CT molecular complexity index is 1480. The van der Waals surface area contributed by atoms with Gasteiger partial charge in [-0.25, -0.2) is 0 Å². The summed E-state index contributed by atoms with van der Waals surface area (Å²) in [6.07, 6.45) is 0.468. The topological polar surface area (TPSA) is 99.0 Å². The molecule has 1 saturated heterocycles. The number of halogens is 3. The Balaban J connectivity index is 1.34. The van der Waals surface area contributed by atoms with Crippen LogP contribution in [-0.4, -0.2) is 46.2 Å². The normalized spacial score (nSPS) is 16.0. The third kappa shape index (κ3) is 5.23. The van der Waals surface area contributed by atoms with Gasteiger partial charge in [-0.05, 0) is 55.3 Å². The zero-order chi connectivity index (χ0) is 26.2. The van der Waals surface area contributed by atoms with Crippen molar-refractivity contribution in [3.8, 4) is 23.1 Å². The van der Waals surface area contributed by atoms with Crippen molar-refractivity contribution in [3.63, 3.8) is 0 Å². The molecule has 1 aliphatic heterocycles. The van der Waals surface area contributed by atoms with E-state index in [0.717, 1.165) is 59.4 Å². The molecule has 3 heterocycles. The minimum absolute atomic E-state index is 0.158. The molecule has 11 heteroatoms. The van der Waals surface area contributed by atoms with Gasteiger partial charge in [0, 0.05) is 60.3 Å². The molecule has 1 atom stereocenters. The molecule has 0 saturated carbocycles. The van der Waals surface area contributed by atoms with Gasteiger partial charge in [-0.3, -0.25) is 9.48 Å². The first-order valence-corrected chi connectivity index (χ1v) is 11.7. The number of aryl methyl sites for hydroxylation is 1. The summed E-state index contributed by atoms with van der Waals surface area (Å²) in [7, 11) is 1.84. The van der Waals surface area contributed by atoms with E-state index >= 15 is 0 Å². The first-order valence-electron chi connectivity index (χ1n) is 11.7. The fourth-order valence-electron chi connectivity index (χ4n) is 4.68. The lowest BCUT2D eigenvalue weighted by Crippen LogP contribution is -2.47. The molecule has 1 fully saturated rings. The van der Waals surface area contributed by atoms with E-state index < -0.39 is 6.36 Å². The van der Waals surface area contributed by atoms with Crippen LogP contribution in [0.25, 0.3) is 22.2 Å². The number of nitriles is 1. The molecule has 5 rings (SSSR count). The highest BCUT2D eigenvalue weighted by Crippen LogP contribution is 2.34. The summed E-state index contributed by atoms with van der Waals surface area (Å²) in [5.41, 5.74) is 4.24. The van der Waals surface area contributed by atoms with Crippen LogP contribution in [0.5, 0.6) is 5.75 Å². The zero-order valence-corrected chi connectivity index (χ0v) is 19.8. The number of rotatable bonds is 5. The molecule has 37 heavy (non-hydrogen) atoms. The predicted molar refractivity (Wildman–Crippen MR) is 131 cm³/mol. The van der Waals surface area contributed by atoms with Gasteiger partial charge in [-0.15, -0.1) is 13.2 Å². The number of nitrogens with one attached hydrogen (secondary N) is 2. The third-order valence-corrected chi connectivity index (χ3v) is 6.35. The molecule has 1 amide bonds. The molecule has 1 aliphatic rings. The second-order valence-electron chi connectivity index (χ2n) is 8.95. The number of aromatic nitrogens is 3. The Hall–Kier alpha value is -4.46. The van der Waals surface area contributed by atoms with E-state index in [1.54, 1.807) is 16.9 Å². The average molecular weight is 509 g/mol. The minimum Gasteiger partial charge on any atom is -0.406 e. The van der Waals surface area contributed by atoms with E-state index in [1.807, 2.05) is 25.4 Å². The number of amides is 1. The quantitative estimate of drug-likeness (QED) is 0.406. The summed E-state index contributed by atoms with van der Waals surface area (Å²) in [6, 6.07) is 12.7. The summed E-state index contributed by atoms with van der Waals surface area (Å²) in [5, 5.41) is 17.8. The predicted octanol–water partition coefficient (Wildman–Crippen LogP) is 4.74. The number of carbonyl (C=O) groups is 1.